The Balaban J connectivity index is 0.000000396. The van der Waals surface area contributed by atoms with Gasteiger partial charge in [0.05, 0.1) is 6.20 Å². The number of rotatable bonds is 1. The molecule has 0 aliphatic heterocycles. The van der Waals surface area contributed by atoms with E-state index in [1.54, 1.807) is 10.7 Å². The van der Waals surface area contributed by atoms with Gasteiger partial charge in [0.1, 0.15) is 0 Å². The first kappa shape index (κ1) is 9.71. The van der Waals surface area contributed by atoms with Crippen LogP contribution in [0.1, 0.15) is 26.3 Å². The van der Waals surface area contributed by atoms with Crippen LogP contribution in [0, 0.1) is 0 Å². The van der Waals surface area contributed by atoms with Crippen LogP contribution in [0.5, 0.6) is 0 Å². The van der Waals surface area contributed by atoms with Crippen molar-refractivity contribution >= 4 is 5.65 Å². The summed E-state index contributed by atoms with van der Waals surface area (Å²) in [5.74, 6) is 0. The third kappa shape index (κ3) is 1.86. The topological polar surface area (TPSA) is 30.2 Å². The number of fused-ring (bicyclic) bond motifs is 1. The number of aromatic nitrogens is 3. The van der Waals surface area contributed by atoms with Crippen molar-refractivity contribution in [1.82, 2.24) is 14.6 Å². The highest BCUT2D eigenvalue weighted by atomic mass is 15.2. The molecule has 0 saturated heterocycles. The highest BCUT2D eigenvalue weighted by Crippen LogP contribution is 2.06. The molecule has 0 saturated carbocycles. The highest BCUT2D eigenvalue weighted by Gasteiger charge is 1.99. The van der Waals surface area contributed by atoms with Crippen LogP contribution in [0.4, 0.5) is 0 Å². The molecule has 0 atom stereocenters. The van der Waals surface area contributed by atoms with Gasteiger partial charge < -0.3 is 0 Å². The van der Waals surface area contributed by atoms with Gasteiger partial charge in [-0.2, -0.15) is 5.10 Å². The number of hydrogen-bond acceptors (Lipinski definition) is 2. The molecule has 2 rings (SSSR count). The molecule has 0 aliphatic rings. The molecule has 0 radical (unpaired) electrons. The average molecular weight is 177 g/mol. The molecule has 0 spiro atoms. The number of nitrogens with zero attached hydrogens (tertiary/aromatic N) is 3. The maximum atomic E-state index is 4.21. The van der Waals surface area contributed by atoms with Crippen molar-refractivity contribution in [1.29, 1.82) is 0 Å². The van der Waals surface area contributed by atoms with Gasteiger partial charge in [0, 0.05) is 18.0 Å². The minimum Gasteiger partial charge on any atom is -0.237 e. The van der Waals surface area contributed by atoms with E-state index in [4.69, 9.17) is 0 Å². The molecule has 0 aliphatic carbocycles. The molecule has 3 nitrogen and oxygen atoms in total. The van der Waals surface area contributed by atoms with Crippen LogP contribution in [0.3, 0.4) is 0 Å². The Bertz CT molecular complexity index is 365. The lowest BCUT2D eigenvalue weighted by Crippen LogP contribution is -1.88. The molecule has 2 aromatic rings. The highest BCUT2D eigenvalue weighted by molar-refractivity contribution is 5.45. The first-order valence-electron chi connectivity index (χ1n) is 4.69. The lowest BCUT2D eigenvalue weighted by molar-refractivity contribution is 0.939. The largest absolute Gasteiger partial charge is 0.237 e. The molecule has 0 bridgehead atoms. The third-order valence-corrected chi connectivity index (χ3v) is 1.73. The maximum absolute atomic E-state index is 4.21. The minimum absolute atomic E-state index is 0.968. The minimum atomic E-state index is 0.968. The zero-order valence-electron chi connectivity index (χ0n) is 8.36. The summed E-state index contributed by atoms with van der Waals surface area (Å²) in [5, 5.41) is 4.14. The molecule has 0 amide bonds. The Morgan fingerprint density at radius 3 is 2.85 bits per heavy atom. The van der Waals surface area contributed by atoms with Crippen molar-refractivity contribution in [2.75, 3.05) is 0 Å². The lowest BCUT2D eigenvalue weighted by Gasteiger charge is -1.90. The first-order chi connectivity index (χ1) is 6.42. The van der Waals surface area contributed by atoms with Gasteiger partial charge in [-0.05, 0) is 12.5 Å². The first-order valence-corrected chi connectivity index (χ1v) is 4.69. The third-order valence-electron chi connectivity index (χ3n) is 1.73. The zero-order chi connectivity index (χ0) is 9.68. The van der Waals surface area contributed by atoms with Gasteiger partial charge in [0.15, 0.2) is 5.65 Å². The van der Waals surface area contributed by atoms with E-state index in [0.717, 1.165) is 12.1 Å². The SMILES string of the molecule is CC.CCc1cnn2cccnc12. The van der Waals surface area contributed by atoms with Gasteiger partial charge in [-0.15, -0.1) is 0 Å². The summed E-state index contributed by atoms with van der Waals surface area (Å²) in [6.45, 7) is 6.10. The Kier molecular flexibility index (Phi) is 3.43. The van der Waals surface area contributed by atoms with Gasteiger partial charge >= 0.3 is 0 Å². The predicted octanol–water partition coefficient (Wildman–Crippen LogP) is 2.32. The van der Waals surface area contributed by atoms with E-state index in [0.29, 0.717) is 0 Å². The van der Waals surface area contributed by atoms with Crippen LogP contribution < -0.4 is 0 Å². The molecule has 2 heterocycles. The van der Waals surface area contributed by atoms with Crippen LogP contribution in [0.25, 0.3) is 5.65 Å². The second kappa shape index (κ2) is 4.60. The van der Waals surface area contributed by atoms with E-state index in [9.17, 15) is 0 Å². The monoisotopic (exact) mass is 177 g/mol. The normalized spacial score (nSPS) is 9.46. The summed E-state index contributed by atoms with van der Waals surface area (Å²) in [5.41, 5.74) is 2.17. The van der Waals surface area contributed by atoms with E-state index >= 15 is 0 Å². The van der Waals surface area contributed by atoms with Gasteiger partial charge in [-0.3, -0.25) is 0 Å². The van der Waals surface area contributed by atoms with E-state index in [1.165, 1.54) is 5.56 Å². The molecule has 13 heavy (non-hydrogen) atoms. The molecule has 0 fully saturated rings. The summed E-state index contributed by atoms with van der Waals surface area (Å²) < 4.78 is 1.79. The van der Waals surface area contributed by atoms with Gasteiger partial charge in [0.2, 0.25) is 0 Å². The standard InChI is InChI=1S/C8H9N3.C2H6/c1-2-7-6-10-11-5-3-4-9-8(7)11;1-2/h3-6H,2H2,1H3;1-2H3. The molecule has 2 aromatic heterocycles. The molecular weight excluding hydrogens is 162 g/mol. The summed E-state index contributed by atoms with van der Waals surface area (Å²) in [4.78, 5) is 4.21. The fraction of sp³-hybridized carbons (Fsp3) is 0.400. The Labute approximate surface area is 78.4 Å². The Hall–Kier alpha value is -1.38. The maximum Gasteiger partial charge on any atom is 0.158 e. The van der Waals surface area contributed by atoms with Crippen molar-refractivity contribution in [3.63, 3.8) is 0 Å². The summed E-state index contributed by atoms with van der Waals surface area (Å²) >= 11 is 0. The summed E-state index contributed by atoms with van der Waals surface area (Å²) in [7, 11) is 0. The smallest absolute Gasteiger partial charge is 0.158 e. The van der Waals surface area contributed by atoms with E-state index < -0.39 is 0 Å². The number of aryl methyl sites for hydroxylation is 1. The number of hydrogen-bond donors (Lipinski definition) is 0. The second-order valence-corrected chi connectivity index (χ2v) is 2.41. The van der Waals surface area contributed by atoms with Crippen molar-refractivity contribution in [2.24, 2.45) is 0 Å². The van der Waals surface area contributed by atoms with Gasteiger partial charge in [-0.25, -0.2) is 9.50 Å². The molecule has 0 N–H and O–H groups in total. The average Bonchev–Trinajstić information content (AvgIpc) is 2.64. The predicted molar refractivity (Wildman–Crippen MR) is 53.7 cm³/mol. The van der Waals surface area contributed by atoms with Gasteiger partial charge in [0.25, 0.3) is 0 Å². The molecule has 0 unspecified atom stereocenters. The van der Waals surface area contributed by atoms with Crippen molar-refractivity contribution < 1.29 is 0 Å². The van der Waals surface area contributed by atoms with Crippen molar-refractivity contribution in [3.8, 4) is 0 Å². The van der Waals surface area contributed by atoms with Crippen LogP contribution in [-0.4, -0.2) is 14.6 Å². The van der Waals surface area contributed by atoms with Crippen molar-refractivity contribution in [2.45, 2.75) is 27.2 Å². The lowest BCUT2D eigenvalue weighted by atomic mass is 10.3. The Morgan fingerprint density at radius 2 is 2.15 bits per heavy atom. The van der Waals surface area contributed by atoms with Crippen LogP contribution in [0.2, 0.25) is 0 Å². The second-order valence-electron chi connectivity index (χ2n) is 2.41. The van der Waals surface area contributed by atoms with E-state index in [1.807, 2.05) is 32.3 Å². The Morgan fingerprint density at radius 1 is 1.38 bits per heavy atom. The van der Waals surface area contributed by atoms with Crippen LogP contribution >= 0.6 is 0 Å². The molecule has 0 aromatic carbocycles. The summed E-state index contributed by atoms with van der Waals surface area (Å²) in [6.07, 6.45) is 6.54. The fourth-order valence-corrected chi connectivity index (χ4v) is 1.13. The fourth-order valence-electron chi connectivity index (χ4n) is 1.13. The van der Waals surface area contributed by atoms with Crippen LogP contribution in [0.15, 0.2) is 24.7 Å². The van der Waals surface area contributed by atoms with Crippen LogP contribution in [-0.2, 0) is 6.42 Å². The summed E-state index contributed by atoms with van der Waals surface area (Å²) in [6, 6.07) is 1.87. The molecular formula is C10H15N3. The van der Waals surface area contributed by atoms with E-state index in [-0.39, 0.29) is 0 Å². The van der Waals surface area contributed by atoms with E-state index in [2.05, 4.69) is 17.0 Å². The molecule has 3 heteroatoms. The zero-order valence-corrected chi connectivity index (χ0v) is 8.36. The quantitative estimate of drug-likeness (QED) is 0.669. The molecule has 70 valence electrons. The van der Waals surface area contributed by atoms with Crippen molar-refractivity contribution in [3.05, 3.63) is 30.2 Å². The van der Waals surface area contributed by atoms with Gasteiger partial charge in [-0.1, -0.05) is 20.8 Å².